The molecule has 1 aromatic rings. The molecule has 0 radical (unpaired) electrons. The molecule has 86 valence electrons. The van der Waals surface area contributed by atoms with E-state index in [0.29, 0.717) is 5.94 Å². The summed E-state index contributed by atoms with van der Waals surface area (Å²) < 4.78 is 11.0. The minimum absolute atomic E-state index is 0.197. The predicted molar refractivity (Wildman–Crippen MR) is 64.1 cm³/mol. The van der Waals surface area contributed by atoms with Crippen molar-refractivity contribution in [3.8, 4) is 11.5 Å². The summed E-state index contributed by atoms with van der Waals surface area (Å²) in [6.45, 7) is 0. The number of thioether (sulfide) groups is 1. The van der Waals surface area contributed by atoms with E-state index in [-0.39, 0.29) is 5.54 Å². The van der Waals surface area contributed by atoms with Gasteiger partial charge < -0.3 is 15.2 Å². The Balaban J connectivity index is 2.09. The van der Waals surface area contributed by atoms with Crippen molar-refractivity contribution in [2.75, 3.05) is 13.0 Å². The molecule has 0 bridgehead atoms. The van der Waals surface area contributed by atoms with Gasteiger partial charge in [0.15, 0.2) is 0 Å². The van der Waals surface area contributed by atoms with Crippen molar-refractivity contribution in [2.24, 2.45) is 5.73 Å². The van der Waals surface area contributed by atoms with Gasteiger partial charge in [-0.3, -0.25) is 0 Å². The minimum Gasteiger partial charge on any atom is -0.496 e. The van der Waals surface area contributed by atoms with Gasteiger partial charge in [-0.25, -0.2) is 0 Å². The number of benzene rings is 1. The molecule has 3 nitrogen and oxygen atoms in total. The van der Waals surface area contributed by atoms with Gasteiger partial charge in [-0.2, -0.15) is 0 Å². The van der Waals surface area contributed by atoms with Crippen LogP contribution in [0.25, 0.3) is 0 Å². The molecule has 0 atom stereocenters. The first-order valence-corrected chi connectivity index (χ1v) is 6.48. The molecule has 1 aliphatic heterocycles. The topological polar surface area (TPSA) is 44.5 Å². The second kappa shape index (κ2) is 3.57. The maximum absolute atomic E-state index is 6.35. The van der Waals surface area contributed by atoms with Gasteiger partial charge in [-0.05, 0) is 31.4 Å². The molecule has 2 N–H and O–H groups in total. The van der Waals surface area contributed by atoms with Crippen LogP contribution in [0.3, 0.4) is 0 Å². The lowest BCUT2D eigenvalue weighted by molar-refractivity contribution is 0.242. The highest BCUT2D eigenvalue weighted by Crippen LogP contribution is 2.48. The van der Waals surface area contributed by atoms with E-state index in [9.17, 15) is 0 Å². The zero-order valence-electron chi connectivity index (χ0n) is 9.29. The summed E-state index contributed by atoms with van der Waals surface area (Å²) in [7, 11) is 1.70. The van der Waals surface area contributed by atoms with E-state index in [1.807, 2.05) is 0 Å². The van der Waals surface area contributed by atoms with Gasteiger partial charge in [0.25, 0.3) is 0 Å². The molecule has 1 aromatic carbocycles. The van der Waals surface area contributed by atoms with Gasteiger partial charge in [-0.1, -0.05) is 11.8 Å². The summed E-state index contributed by atoms with van der Waals surface area (Å²) in [5.41, 5.74) is 7.25. The van der Waals surface area contributed by atoms with Gasteiger partial charge >= 0.3 is 0 Å². The molecule has 0 unspecified atom stereocenters. The lowest BCUT2D eigenvalue weighted by atomic mass is 9.72. The largest absolute Gasteiger partial charge is 0.496 e. The Bertz CT molecular complexity index is 429. The number of nitrogens with two attached hydrogens (primary N) is 1. The summed E-state index contributed by atoms with van der Waals surface area (Å²) in [6.07, 6.45) is 3.27. The Morgan fingerprint density at radius 2 is 2.25 bits per heavy atom. The second-order valence-corrected chi connectivity index (χ2v) is 5.38. The van der Waals surface area contributed by atoms with E-state index in [4.69, 9.17) is 15.2 Å². The third-order valence-electron chi connectivity index (χ3n) is 3.48. The van der Waals surface area contributed by atoms with Crippen LogP contribution in [-0.4, -0.2) is 13.0 Å². The average Bonchev–Trinajstić information content (AvgIpc) is 2.71. The highest BCUT2D eigenvalue weighted by molar-refractivity contribution is 7.99. The number of ether oxygens (including phenoxy) is 2. The van der Waals surface area contributed by atoms with E-state index >= 15 is 0 Å². The fraction of sp³-hybridized carbons (Fsp3) is 0.500. The summed E-state index contributed by atoms with van der Waals surface area (Å²) in [4.78, 5) is 1.16. The Kier molecular flexibility index (Phi) is 2.30. The quantitative estimate of drug-likeness (QED) is 0.858. The Labute approximate surface area is 99.3 Å². The fourth-order valence-electron chi connectivity index (χ4n) is 2.31. The van der Waals surface area contributed by atoms with E-state index in [1.54, 1.807) is 18.9 Å². The predicted octanol–water partition coefficient (Wildman–Crippen LogP) is 2.48. The molecule has 3 rings (SSSR count). The van der Waals surface area contributed by atoms with E-state index in [2.05, 4.69) is 12.1 Å². The molecule has 2 aliphatic rings. The summed E-state index contributed by atoms with van der Waals surface area (Å²) in [6, 6.07) is 4.11. The van der Waals surface area contributed by atoms with Crippen LogP contribution in [0.4, 0.5) is 0 Å². The molecule has 1 saturated carbocycles. The molecule has 16 heavy (non-hydrogen) atoms. The van der Waals surface area contributed by atoms with Crippen molar-refractivity contribution in [3.05, 3.63) is 17.7 Å². The van der Waals surface area contributed by atoms with Crippen molar-refractivity contribution >= 4 is 11.8 Å². The van der Waals surface area contributed by atoms with E-state index < -0.39 is 0 Å². The van der Waals surface area contributed by atoms with Crippen molar-refractivity contribution in [1.29, 1.82) is 0 Å². The second-order valence-electron chi connectivity index (χ2n) is 4.42. The molecule has 1 aliphatic carbocycles. The molecular weight excluding hydrogens is 222 g/mol. The Morgan fingerprint density at radius 3 is 2.88 bits per heavy atom. The SMILES string of the molecule is COc1cc2c(cc1C1(N)CCC1)OCS2. The fourth-order valence-corrected chi connectivity index (χ4v) is 3.07. The van der Waals surface area contributed by atoms with Crippen LogP contribution in [-0.2, 0) is 5.54 Å². The van der Waals surface area contributed by atoms with Crippen LogP contribution in [0.15, 0.2) is 17.0 Å². The summed E-state index contributed by atoms with van der Waals surface area (Å²) in [5.74, 6) is 2.55. The number of hydrogen-bond donors (Lipinski definition) is 1. The number of hydrogen-bond acceptors (Lipinski definition) is 4. The third kappa shape index (κ3) is 1.40. The monoisotopic (exact) mass is 237 g/mol. The molecule has 0 spiro atoms. The molecule has 1 fully saturated rings. The van der Waals surface area contributed by atoms with Gasteiger partial charge in [0.05, 0.1) is 12.0 Å². The van der Waals surface area contributed by atoms with Crippen LogP contribution in [0.5, 0.6) is 11.5 Å². The van der Waals surface area contributed by atoms with Crippen LogP contribution in [0.1, 0.15) is 24.8 Å². The molecule has 0 amide bonds. The van der Waals surface area contributed by atoms with Crippen LogP contribution in [0, 0.1) is 0 Å². The van der Waals surface area contributed by atoms with Gasteiger partial charge in [0.2, 0.25) is 0 Å². The van der Waals surface area contributed by atoms with Crippen LogP contribution >= 0.6 is 11.8 Å². The van der Waals surface area contributed by atoms with Gasteiger partial charge in [0, 0.05) is 11.1 Å². The Morgan fingerprint density at radius 1 is 1.44 bits per heavy atom. The lowest BCUT2D eigenvalue weighted by Gasteiger charge is -2.39. The zero-order valence-corrected chi connectivity index (χ0v) is 10.1. The molecular formula is C12H15NO2S. The third-order valence-corrected chi connectivity index (χ3v) is 4.34. The molecule has 0 aromatic heterocycles. The zero-order chi connectivity index (χ0) is 11.2. The van der Waals surface area contributed by atoms with Crippen molar-refractivity contribution in [3.63, 3.8) is 0 Å². The smallest absolute Gasteiger partial charge is 0.138 e. The number of rotatable bonds is 2. The van der Waals surface area contributed by atoms with Crippen LogP contribution in [0.2, 0.25) is 0 Å². The normalized spacial score (nSPS) is 20.9. The standard InChI is InChI=1S/C12H15NO2S/c1-14-9-6-11-10(15-7-16-11)5-8(9)12(13)3-2-4-12/h5-6H,2-4,7,13H2,1H3. The van der Waals surface area contributed by atoms with Gasteiger partial charge in [-0.15, -0.1) is 0 Å². The number of methoxy groups -OCH3 is 1. The first-order valence-electron chi connectivity index (χ1n) is 5.50. The maximum atomic E-state index is 6.35. The first-order chi connectivity index (χ1) is 7.73. The van der Waals surface area contributed by atoms with E-state index in [0.717, 1.165) is 34.8 Å². The molecule has 0 saturated heterocycles. The van der Waals surface area contributed by atoms with Crippen molar-refractivity contribution in [1.82, 2.24) is 0 Å². The first kappa shape index (κ1) is 10.3. The van der Waals surface area contributed by atoms with Crippen molar-refractivity contribution in [2.45, 2.75) is 29.7 Å². The molecule has 1 heterocycles. The van der Waals surface area contributed by atoms with E-state index in [1.165, 1.54) is 6.42 Å². The van der Waals surface area contributed by atoms with Crippen LogP contribution < -0.4 is 15.2 Å². The summed E-state index contributed by atoms with van der Waals surface area (Å²) in [5, 5.41) is 0. The lowest BCUT2D eigenvalue weighted by Crippen LogP contribution is -2.43. The summed E-state index contributed by atoms with van der Waals surface area (Å²) >= 11 is 1.70. The Hall–Kier alpha value is -0.870. The molecule has 4 heteroatoms. The highest BCUT2D eigenvalue weighted by atomic mass is 32.2. The minimum atomic E-state index is -0.197. The maximum Gasteiger partial charge on any atom is 0.138 e. The van der Waals surface area contributed by atoms with Gasteiger partial charge in [0.1, 0.15) is 17.4 Å². The number of fused-ring (bicyclic) bond motifs is 1. The highest BCUT2D eigenvalue weighted by Gasteiger charge is 2.38. The van der Waals surface area contributed by atoms with Crippen molar-refractivity contribution < 1.29 is 9.47 Å². The average molecular weight is 237 g/mol.